The minimum atomic E-state index is 0.0337. The number of likely N-dealkylation sites (N-methyl/N-ethyl adjacent to an activating group) is 1. The van der Waals surface area contributed by atoms with Crippen molar-refractivity contribution < 1.29 is 4.74 Å². The van der Waals surface area contributed by atoms with Gasteiger partial charge in [-0.15, -0.1) is 0 Å². The van der Waals surface area contributed by atoms with Gasteiger partial charge >= 0.3 is 0 Å². The maximum atomic E-state index is 9.42. The van der Waals surface area contributed by atoms with Crippen LogP contribution in [0.3, 0.4) is 0 Å². The number of nitriles is 1. The Morgan fingerprint density at radius 2 is 1.89 bits per heavy atom. The van der Waals surface area contributed by atoms with Crippen LogP contribution in [0.15, 0.2) is 24.3 Å². The molecular formula is C19H25N7O. The normalized spacial score (nSPS) is 15.4. The quantitative estimate of drug-likeness (QED) is 0.731. The summed E-state index contributed by atoms with van der Waals surface area (Å²) < 4.78 is 5.99. The molecule has 1 aromatic carbocycles. The Kier molecular flexibility index (Phi) is 6.06. The lowest BCUT2D eigenvalue weighted by molar-refractivity contribution is 0.145. The summed E-state index contributed by atoms with van der Waals surface area (Å²) >= 11 is 0. The Labute approximate surface area is 159 Å². The third-order valence-corrected chi connectivity index (χ3v) is 4.68. The highest BCUT2D eigenvalue weighted by Gasteiger charge is 2.17. The molecule has 3 rings (SSSR count). The van der Waals surface area contributed by atoms with Gasteiger partial charge in [0, 0.05) is 38.3 Å². The first kappa shape index (κ1) is 18.9. The van der Waals surface area contributed by atoms with E-state index in [1.54, 1.807) is 0 Å². The van der Waals surface area contributed by atoms with E-state index in [1.807, 2.05) is 24.3 Å². The summed E-state index contributed by atoms with van der Waals surface area (Å²) in [6.07, 6.45) is 0.928. The second-order valence-corrected chi connectivity index (χ2v) is 6.65. The number of nitrogen functional groups attached to an aromatic ring is 2. The molecule has 1 aliphatic heterocycles. The summed E-state index contributed by atoms with van der Waals surface area (Å²) in [5, 5.41) is 9.42. The van der Waals surface area contributed by atoms with Gasteiger partial charge in [0.15, 0.2) is 0 Å². The predicted molar refractivity (Wildman–Crippen MR) is 105 cm³/mol. The summed E-state index contributed by atoms with van der Waals surface area (Å²) in [5.41, 5.74) is 12.8. The van der Waals surface area contributed by atoms with E-state index >= 15 is 0 Å². The summed E-state index contributed by atoms with van der Waals surface area (Å²) in [4.78, 5) is 12.9. The van der Waals surface area contributed by atoms with Crippen LogP contribution in [-0.4, -0.2) is 66.1 Å². The van der Waals surface area contributed by atoms with Crippen LogP contribution in [0.5, 0.6) is 5.75 Å². The van der Waals surface area contributed by atoms with E-state index in [0.29, 0.717) is 23.6 Å². The molecule has 1 aliphatic rings. The lowest BCUT2D eigenvalue weighted by Gasteiger charge is -2.32. The highest BCUT2D eigenvalue weighted by molar-refractivity contribution is 5.77. The Balaban J connectivity index is 1.68. The molecule has 4 N–H and O–H groups in total. The first-order valence-electron chi connectivity index (χ1n) is 9.04. The molecule has 2 aromatic rings. The number of hydrogen-bond acceptors (Lipinski definition) is 8. The van der Waals surface area contributed by atoms with Crippen LogP contribution in [-0.2, 0) is 0 Å². The molecule has 0 atom stereocenters. The molecule has 27 heavy (non-hydrogen) atoms. The zero-order valence-electron chi connectivity index (χ0n) is 15.6. The fourth-order valence-electron chi connectivity index (χ4n) is 3.13. The van der Waals surface area contributed by atoms with Gasteiger partial charge in [0.05, 0.1) is 12.3 Å². The van der Waals surface area contributed by atoms with E-state index < -0.39 is 0 Å². The molecule has 0 spiro atoms. The molecule has 8 heteroatoms. The molecule has 0 aliphatic carbocycles. The van der Waals surface area contributed by atoms with Gasteiger partial charge in [-0.3, -0.25) is 0 Å². The third kappa shape index (κ3) is 4.64. The fraction of sp³-hybridized carbons (Fsp3) is 0.421. The largest absolute Gasteiger partial charge is 0.493 e. The number of hydrogen-bond donors (Lipinski definition) is 2. The van der Waals surface area contributed by atoms with Crippen LogP contribution in [0.4, 0.5) is 11.8 Å². The fourth-order valence-corrected chi connectivity index (χ4v) is 3.13. The molecule has 0 unspecified atom stereocenters. The van der Waals surface area contributed by atoms with E-state index in [-0.39, 0.29) is 17.3 Å². The zero-order chi connectivity index (χ0) is 19.2. The van der Waals surface area contributed by atoms with Gasteiger partial charge in [-0.2, -0.15) is 10.2 Å². The Morgan fingerprint density at radius 3 is 2.63 bits per heavy atom. The monoisotopic (exact) mass is 367 g/mol. The minimum Gasteiger partial charge on any atom is -0.493 e. The molecule has 1 saturated heterocycles. The predicted octanol–water partition coefficient (Wildman–Crippen LogP) is 1.20. The Morgan fingerprint density at radius 1 is 1.15 bits per heavy atom. The molecule has 142 valence electrons. The molecule has 2 heterocycles. The summed E-state index contributed by atoms with van der Waals surface area (Å²) in [5.74, 6) is 0.765. The highest BCUT2D eigenvalue weighted by atomic mass is 16.5. The van der Waals surface area contributed by atoms with E-state index in [0.717, 1.165) is 39.1 Å². The van der Waals surface area contributed by atoms with E-state index in [2.05, 4.69) is 32.9 Å². The number of para-hydroxylation sites is 1. The topological polar surface area (TPSA) is 117 Å². The van der Waals surface area contributed by atoms with Gasteiger partial charge in [-0.25, -0.2) is 4.98 Å². The number of piperazine rings is 1. The van der Waals surface area contributed by atoms with Crippen LogP contribution in [0.25, 0.3) is 11.3 Å². The van der Waals surface area contributed by atoms with Crippen molar-refractivity contribution in [3.8, 4) is 23.1 Å². The molecule has 0 saturated carbocycles. The summed E-state index contributed by atoms with van der Waals surface area (Å²) in [7, 11) is 2.15. The number of benzene rings is 1. The molecule has 1 fully saturated rings. The van der Waals surface area contributed by atoms with Gasteiger partial charge in [0.1, 0.15) is 23.2 Å². The maximum absolute atomic E-state index is 9.42. The average molecular weight is 367 g/mol. The van der Waals surface area contributed by atoms with Crippen molar-refractivity contribution in [3.05, 3.63) is 29.8 Å². The van der Waals surface area contributed by atoms with Gasteiger partial charge < -0.3 is 26.0 Å². The second kappa shape index (κ2) is 8.66. The number of rotatable bonds is 6. The van der Waals surface area contributed by atoms with Crippen LogP contribution in [0.2, 0.25) is 0 Å². The van der Waals surface area contributed by atoms with Gasteiger partial charge in [-0.1, -0.05) is 12.1 Å². The number of nitrogens with two attached hydrogens (primary N) is 2. The van der Waals surface area contributed by atoms with Crippen molar-refractivity contribution in [2.45, 2.75) is 6.42 Å². The maximum Gasteiger partial charge on any atom is 0.222 e. The standard InChI is InChI=1S/C19H25N7O/c1-25-8-10-26(11-9-25)7-4-12-27-16-6-3-2-5-14(16)17-15(13-20)18(21)24-19(22)23-17/h2-3,5-6H,4,7-12H2,1H3,(H4,21,22,23,24). The second-order valence-electron chi connectivity index (χ2n) is 6.65. The van der Waals surface area contributed by atoms with Gasteiger partial charge in [0.25, 0.3) is 0 Å². The molecular weight excluding hydrogens is 342 g/mol. The average Bonchev–Trinajstić information content (AvgIpc) is 2.66. The van der Waals surface area contributed by atoms with Gasteiger partial charge in [0.2, 0.25) is 5.95 Å². The Hall–Kier alpha value is -2.89. The third-order valence-electron chi connectivity index (χ3n) is 4.68. The van der Waals surface area contributed by atoms with Gasteiger partial charge in [-0.05, 0) is 25.6 Å². The zero-order valence-corrected chi connectivity index (χ0v) is 15.6. The Bertz CT molecular complexity index is 825. The number of aromatic nitrogens is 2. The number of nitrogens with zero attached hydrogens (tertiary/aromatic N) is 5. The van der Waals surface area contributed by atoms with E-state index in [9.17, 15) is 5.26 Å². The summed E-state index contributed by atoms with van der Waals surface area (Å²) in [6.45, 7) is 6.00. The molecule has 1 aromatic heterocycles. The smallest absolute Gasteiger partial charge is 0.222 e. The van der Waals surface area contributed by atoms with Crippen molar-refractivity contribution in [3.63, 3.8) is 0 Å². The molecule has 8 nitrogen and oxygen atoms in total. The first-order valence-corrected chi connectivity index (χ1v) is 9.04. The minimum absolute atomic E-state index is 0.0337. The SMILES string of the molecule is CN1CCN(CCCOc2ccccc2-c2nc(N)nc(N)c2C#N)CC1. The van der Waals surface area contributed by atoms with Crippen LogP contribution >= 0.6 is 0 Å². The lowest BCUT2D eigenvalue weighted by Crippen LogP contribution is -2.44. The molecule has 0 bridgehead atoms. The van der Waals surface area contributed by atoms with E-state index in [1.165, 1.54) is 0 Å². The molecule has 0 radical (unpaired) electrons. The van der Waals surface area contributed by atoms with Crippen LogP contribution in [0, 0.1) is 11.3 Å². The van der Waals surface area contributed by atoms with Crippen molar-refractivity contribution in [2.24, 2.45) is 0 Å². The van der Waals surface area contributed by atoms with E-state index in [4.69, 9.17) is 16.2 Å². The first-order chi connectivity index (χ1) is 13.1. The van der Waals surface area contributed by atoms with Crippen molar-refractivity contribution >= 4 is 11.8 Å². The highest BCUT2D eigenvalue weighted by Crippen LogP contribution is 2.32. The lowest BCUT2D eigenvalue weighted by atomic mass is 10.1. The van der Waals surface area contributed by atoms with Crippen LogP contribution in [0.1, 0.15) is 12.0 Å². The summed E-state index contributed by atoms with van der Waals surface area (Å²) in [6, 6.07) is 9.52. The van der Waals surface area contributed by atoms with Crippen molar-refractivity contribution in [1.82, 2.24) is 19.8 Å². The van der Waals surface area contributed by atoms with Crippen molar-refractivity contribution in [2.75, 3.05) is 57.8 Å². The molecule has 0 amide bonds. The van der Waals surface area contributed by atoms with Crippen molar-refractivity contribution in [1.29, 1.82) is 5.26 Å². The number of anilines is 2. The number of ether oxygens (including phenoxy) is 1. The van der Waals surface area contributed by atoms with Crippen LogP contribution < -0.4 is 16.2 Å².